The van der Waals surface area contributed by atoms with E-state index in [2.05, 4.69) is 14.9 Å². The molecule has 0 bridgehead atoms. The van der Waals surface area contributed by atoms with E-state index in [0.29, 0.717) is 4.88 Å². The second kappa shape index (κ2) is 4.99. The predicted octanol–water partition coefficient (Wildman–Crippen LogP) is 1.92. The summed E-state index contributed by atoms with van der Waals surface area (Å²) < 4.78 is 5.37. The van der Waals surface area contributed by atoms with Crippen molar-refractivity contribution < 1.29 is 14.6 Å². The first-order chi connectivity index (χ1) is 9.61. The molecule has 1 N–H and O–H groups in total. The zero-order chi connectivity index (χ0) is 14.3. The van der Waals surface area contributed by atoms with Crippen LogP contribution in [-0.2, 0) is 4.74 Å². The molecule has 1 aliphatic heterocycles. The lowest BCUT2D eigenvalue weighted by atomic mass is 10.2. The van der Waals surface area contributed by atoms with Gasteiger partial charge in [-0.15, -0.1) is 11.3 Å². The number of ether oxygens (including phenoxy) is 1. The summed E-state index contributed by atoms with van der Waals surface area (Å²) >= 11 is 1.20. The van der Waals surface area contributed by atoms with Gasteiger partial charge < -0.3 is 14.7 Å². The molecule has 1 atom stereocenters. The van der Waals surface area contributed by atoms with E-state index in [1.54, 1.807) is 7.11 Å². The summed E-state index contributed by atoms with van der Waals surface area (Å²) in [7, 11) is 1.71. The molecule has 2 aromatic rings. The number of carboxylic acids is 1. The average Bonchev–Trinajstić information content (AvgIpc) is 3.03. The fourth-order valence-corrected chi connectivity index (χ4v) is 3.59. The normalized spacial score (nSPS) is 18.9. The highest BCUT2D eigenvalue weighted by Crippen LogP contribution is 2.35. The summed E-state index contributed by atoms with van der Waals surface area (Å²) in [4.78, 5) is 23.0. The van der Waals surface area contributed by atoms with Gasteiger partial charge in [0.1, 0.15) is 21.9 Å². The number of hydrogen-bond donors (Lipinski definition) is 1. The molecule has 0 radical (unpaired) electrons. The van der Waals surface area contributed by atoms with Crippen molar-refractivity contribution in [3.63, 3.8) is 0 Å². The number of carboxylic acid groups (broad SMARTS) is 1. The van der Waals surface area contributed by atoms with Gasteiger partial charge in [-0.1, -0.05) is 0 Å². The first-order valence-corrected chi connectivity index (χ1v) is 7.18. The van der Waals surface area contributed by atoms with Crippen LogP contribution in [0.2, 0.25) is 0 Å². The highest BCUT2D eigenvalue weighted by molar-refractivity contribution is 7.20. The molecule has 20 heavy (non-hydrogen) atoms. The number of fused-ring (bicyclic) bond motifs is 1. The zero-order valence-electron chi connectivity index (χ0n) is 11.3. The van der Waals surface area contributed by atoms with E-state index in [1.807, 2.05) is 6.92 Å². The van der Waals surface area contributed by atoms with Crippen molar-refractivity contribution >= 4 is 33.3 Å². The van der Waals surface area contributed by atoms with Crippen LogP contribution in [0.1, 0.15) is 21.7 Å². The Morgan fingerprint density at radius 3 is 3.00 bits per heavy atom. The van der Waals surface area contributed by atoms with Gasteiger partial charge in [-0.25, -0.2) is 14.8 Å². The van der Waals surface area contributed by atoms with Gasteiger partial charge in [0.2, 0.25) is 0 Å². The second-order valence-electron chi connectivity index (χ2n) is 4.83. The number of nitrogens with zero attached hydrogens (tertiary/aromatic N) is 3. The van der Waals surface area contributed by atoms with Crippen LogP contribution >= 0.6 is 11.3 Å². The van der Waals surface area contributed by atoms with E-state index >= 15 is 0 Å². The second-order valence-corrected chi connectivity index (χ2v) is 5.83. The Labute approximate surface area is 120 Å². The number of thiophene rings is 1. The summed E-state index contributed by atoms with van der Waals surface area (Å²) in [6, 6.07) is 0. The van der Waals surface area contributed by atoms with Crippen molar-refractivity contribution in [1.29, 1.82) is 0 Å². The highest BCUT2D eigenvalue weighted by atomic mass is 32.1. The number of anilines is 1. The molecule has 0 amide bonds. The number of aromatic carboxylic acids is 1. The maximum Gasteiger partial charge on any atom is 0.346 e. The van der Waals surface area contributed by atoms with Gasteiger partial charge in [0.25, 0.3) is 0 Å². The maximum atomic E-state index is 11.3. The highest BCUT2D eigenvalue weighted by Gasteiger charge is 2.27. The Hall–Kier alpha value is -1.73. The van der Waals surface area contributed by atoms with Crippen molar-refractivity contribution in [3.8, 4) is 0 Å². The molecule has 7 heteroatoms. The van der Waals surface area contributed by atoms with Gasteiger partial charge in [0.15, 0.2) is 0 Å². The first-order valence-electron chi connectivity index (χ1n) is 6.37. The molecule has 0 aliphatic carbocycles. The number of aromatic nitrogens is 2. The molecular formula is C13H15N3O3S. The minimum atomic E-state index is -0.910. The van der Waals surface area contributed by atoms with Crippen molar-refractivity contribution in [2.24, 2.45) is 0 Å². The van der Waals surface area contributed by atoms with Gasteiger partial charge in [0, 0.05) is 20.2 Å². The van der Waals surface area contributed by atoms with Crippen LogP contribution in [0.3, 0.4) is 0 Å². The van der Waals surface area contributed by atoms with Crippen LogP contribution in [0, 0.1) is 6.92 Å². The van der Waals surface area contributed by atoms with Gasteiger partial charge in [-0.3, -0.25) is 0 Å². The topological polar surface area (TPSA) is 75.5 Å². The summed E-state index contributed by atoms with van der Waals surface area (Å²) in [6.45, 7) is 3.46. The molecule has 1 saturated heterocycles. The van der Waals surface area contributed by atoms with E-state index in [-0.39, 0.29) is 6.10 Å². The first kappa shape index (κ1) is 13.3. The van der Waals surface area contributed by atoms with Crippen molar-refractivity contribution in [1.82, 2.24) is 9.97 Å². The molecule has 0 saturated carbocycles. The van der Waals surface area contributed by atoms with Crippen LogP contribution in [0.4, 0.5) is 5.82 Å². The quantitative estimate of drug-likeness (QED) is 0.932. The monoisotopic (exact) mass is 293 g/mol. The number of methoxy groups -OCH3 is 1. The molecule has 1 unspecified atom stereocenters. The minimum Gasteiger partial charge on any atom is -0.477 e. The van der Waals surface area contributed by atoms with Crippen LogP contribution in [0.5, 0.6) is 0 Å². The van der Waals surface area contributed by atoms with Gasteiger partial charge in [0.05, 0.1) is 11.5 Å². The lowest BCUT2D eigenvalue weighted by Gasteiger charge is -2.18. The number of hydrogen-bond acceptors (Lipinski definition) is 6. The molecular weight excluding hydrogens is 278 g/mol. The molecule has 0 spiro atoms. The van der Waals surface area contributed by atoms with Crippen LogP contribution in [0.25, 0.3) is 10.2 Å². The Morgan fingerprint density at radius 1 is 1.55 bits per heavy atom. The van der Waals surface area contributed by atoms with E-state index < -0.39 is 5.97 Å². The standard InChI is InChI=1S/C13H15N3O3S/c1-7-9-11(16-4-3-8(5-16)19-2)14-6-15-12(9)20-10(7)13(17)18/h6,8H,3-5H2,1-2H3,(H,17,18). The molecule has 1 fully saturated rings. The largest absolute Gasteiger partial charge is 0.477 e. The molecule has 2 aromatic heterocycles. The van der Waals surface area contributed by atoms with E-state index in [9.17, 15) is 9.90 Å². The van der Waals surface area contributed by atoms with Crippen LogP contribution < -0.4 is 4.90 Å². The zero-order valence-corrected chi connectivity index (χ0v) is 12.1. The smallest absolute Gasteiger partial charge is 0.346 e. The fraction of sp³-hybridized carbons (Fsp3) is 0.462. The SMILES string of the molecule is COC1CCN(c2ncnc3sc(C(=O)O)c(C)c23)C1. The third-order valence-corrected chi connectivity index (χ3v) is 4.87. The van der Waals surface area contributed by atoms with E-state index in [1.165, 1.54) is 17.7 Å². The van der Waals surface area contributed by atoms with E-state index in [0.717, 1.165) is 41.1 Å². The molecule has 3 heterocycles. The number of aryl methyl sites for hydroxylation is 1. The fourth-order valence-electron chi connectivity index (χ4n) is 2.61. The lowest BCUT2D eigenvalue weighted by molar-refractivity contribution is 0.0701. The predicted molar refractivity (Wildman–Crippen MR) is 76.7 cm³/mol. The summed E-state index contributed by atoms with van der Waals surface area (Å²) in [6.07, 6.45) is 2.66. The molecule has 1 aliphatic rings. The number of carbonyl (C=O) groups is 1. The third kappa shape index (κ3) is 2.03. The summed E-state index contributed by atoms with van der Waals surface area (Å²) in [5.74, 6) is -0.0940. The van der Waals surface area contributed by atoms with Crippen LogP contribution in [0.15, 0.2) is 6.33 Å². The molecule has 3 rings (SSSR count). The van der Waals surface area contributed by atoms with Gasteiger partial charge >= 0.3 is 5.97 Å². The Kier molecular flexibility index (Phi) is 3.31. The van der Waals surface area contributed by atoms with E-state index in [4.69, 9.17) is 4.74 Å². The summed E-state index contributed by atoms with van der Waals surface area (Å²) in [5, 5.41) is 10.1. The molecule has 106 valence electrons. The van der Waals surface area contributed by atoms with Crippen LogP contribution in [-0.4, -0.2) is 47.3 Å². The molecule has 0 aromatic carbocycles. The Morgan fingerprint density at radius 2 is 2.35 bits per heavy atom. The third-order valence-electron chi connectivity index (χ3n) is 3.68. The number of rotatable bonds is 3. The van der Waals surface area contributed by atoms with Gasteiger partial charge in [-0.05, 0) is 18.9 Å². The van der Waals surface area contributed by atoms with Crippen molar-refractivity contribution in [3.05, 3.63) is 16.8 Å². The average molecular weight is 293 g/mol. The molecule has 6 nitrogen and oxygen atoms in total. The minimum absolute atomic E-state index is 0.206. The van der Waals surface area contributed by atoms with Crippen molar-refractivity contribution in [2.75, 3.05) is 25.1 Å². The maximum absolute atomic E-state index is 11.3. The lowest BCUT2D eigenvalue weighted by Crippen LogP contribution is -2.23. The Balaban J connectivity index is 2.10. The Bertz CT molecular complexity index is 670. The van der Waals surface area contributed by atoms with Gasteiger partial charge in [-0.2, -0.15) is 0 Å². The van der Waals surface area contributed by atoms with Crippen molar-refractivity contribution in [2.45, 2.75) is 19.4 Å². The summed E-state index contributed by atoms with van der Waals surface area (Å²) in [5.41, 5.74) is 0.744.